The van der Waals surface area contributed by atoms with Crippen LogP contribution in [0.1, 0.15) is 24.5 Å². The van der Waals surface area contributed by atoms with Gasteiger partial charge in [0.25, 0.3) is 0 Å². The molecule has 2 rings (SSSR count). The molecule has 0 saturated carbocycles. The summed E-state index contributed by atoms with van der Waals surface area (Å²) in [5.41, 5.74) is 1.20. The summed E-state index contributed by atoms with van der Waals surface area (Å²) in [4.78, 5) is 0. The maximum absolute atomic E-state index is 10.5. The van der Waals surface area contributed by atoms with Crippen LogP contribution in [0.25, 0.3) is 6.08 Å². The Balaban J connectivity index is 1.90. The topological polar surface area (TPSA) is 29.5 Å². The standard InChI is InChI=1S/C20H22O2/c1-20(21,18-10-6-3-7-11-18)16-8-4-5-9-17-12-14-19(22-2)15-13-17/h3-15,21H,16H2,1-2H3/b8-4+,9-5+. The molecule has 22 heavy (non-hydrogen) atoms. The van der Waals surface area contributed by atoms with E-state index in [9.17, 15) is 5.11 Å². The van der Waals surface area contributed by atoms with Crippen molar-refractivity contribution in [2.45, 2.75) is 18.9 Å². The normalized spacial score (nSPS) is 14.3. The highest BCUT2D eigenvalue weighted by atomic mass is 16.5. The van der Waals surface area contributed by atoms with E-state index in [1.165, 1.54) is 0 Å². The second-order valence-electron chi connectivity index (χ2n) is 5.40. The van der Waals surface area contributed by atoms with Gasteiger partial charge in [-0.2, -0.15) is 0 Å². The zero-order chi connectivity index (χ0) is 15.8. The zero-order valence-corrected chi connectivity index (χ0v) is 13.1. The van der Waals surface area contributed by atoms with Crippen molar-refractivity contribution in [2.75, 3.05) is 7.11 Å². The molecule has 0 amide bonds. The van der Waals surface area contributed by atoms with Crippen LogP contribution in [0.4, 0.5) is 0 Å². The van der Waals surface area contributed by atoms with Crippen LogP contribution in [-0.4, -0.2) is 12.2 Å². The Morgan fingerprint density at radius 3 is 2.32 bits per heavy atom. The fraction of sp³-hybridized carbons (Fsp3) is 0.200. The van der Waals surface area contributed by atoms with Crippen molar-refractivity contribution in [3.63, 3.8) is 0 Å². The van der Waals surface area contributed by atoms with Crippen molar-refractivity contribution in [3.05, 3.63) is 84.0 Å². The minimum atomic E-state index is -0.842. The van der Waals surface area contributed by atoms with E-state index in [2.05, 4.69) is 0 Å². The lowest BCUT2D eigenvalue weighted by Gasteiger charge is -2.21. The van der Waals surface area contributed by atoms with Gasteiger partial charge in [0.05, 0.1) is 12.7 Å². The first-order chi connectivity index (χ1) is 10.6. The first-order valence-electron chi connectivity index (χ1n) is 7.37. The highest BCUT2D eigenvalue weighted by Gasteiger charge is 2.20. The van der Waals surface area contributed by atoms with Crippen LogP contribution < -0.4 is 4.74 Å². The van der Waals surface area contributed by atoms with E-state index in [4.69, 9.17) is 4.74 Å². The van der Waals surface area contributed by atoms with Gasteiger partial charge in [0.1, 0.15) is 5.75 Å². The van der Waals surface area contributed by atoms with Crippen LogP contribution in [0.15, 0.2) is 72.8 Å². The van der Waals surface area contributed by atoms with Crippen LogP contribution in [0, 0.1) is 0 Å². The minimum absolute atomic E-state index is 0.573. The lowest BCUT2D eigenvalue weighted by molar-refractivity contribution is 0.0605. The number of allylic oxidation sites excluding steroid dienone is 2. The third-order valence-corrected chi connectivity index (χ3v) is 3.56. The van der Waals surface area contributed by atoms with Crippen molar-refractivity contribution in [2.24, 2.45) is 0 Å². The third kappa shape index (κ3) is 4.61. The number of methoxy groups -OCH3 is 1. The Kier molecular flexibility index (Phi) is 5.56. The third-order valence-electron chi connectivity index (χ3n) is 3.56. The molecule has 0 aliphatic carbocycles. The monoisotopic (exact) mass is 294 g/mol. The number of hydrogen-bond acceptors (Lipinski definition) is 2. The highest BCUT2D eigenvalue weighted by molar-refractivity contribution is 5.52. The number of ether oxygens (including phenoxy) is 1. The van der Waals surface area contributed by atoms with Crippen LogP contribution in [-0.2, 0) is 5.60 Å². The van der Waals surface area contributed by atoms with E-state index in [1.54, 1.807) is 7.11 Å². The largest absolute Gasteiger partial charge is 0.497 e. The molecule has 2 aromatic rings. The van der Waals surface area contributed by atoms with Gasteiger partial charge in [-0.05, 0) is 36.6 Å². The van der Waals surface area contributed by atoms with Gasteiger partial charge >= 0.3 is 0 Å². The lowest BCUT2D eigenvalue weighted by Crippen LogP contribution is -2.19. The molecule has 0 spiro atoms. The summed E-state index contributed by atoms with van der Waals surface area (Å²) in [6.07, 6.45) is 8.51. The number of rotatable bonds is 6. The molecule has 0 heterocycles. The molecule has 2 heteroatoms. The van der Waals surface area contributed by atoms with E-state index in [0.29, 0.717) is 6.42 Å². The van der Waals surface area contributed by atoms with Crippen molar-refractivity contribution in [3.8, 4) is 5.75 Å². The Hall–Kier alpha value is -2.32. The maximum atomic E-state index is 10.5. The number of aliphatic hydroxyl groups is 1. The molecule has 0 aliphatic heterocycles. The van der Waals surface area contributed by atoms with Crippen LogP contribution in [0.2, 0.25) is 0 Å². The predicted molar refractivity (Wildman–Crippen MR) is 91.8 cm³/mol. The molecular formula is C20H22O2. The summed E-state index contributed by atoms with van der Waals surface area (Å²) in [6, 6.07) is 17.6. The van der Waals surface area contributed by atoms with Gasteiger partial charge in [-0.15, -0.1) is 0 Å². The van der Waals surface area contributed by atoms with Crippen LogP contribution in [0.3, 0.4) is 0 Å². The average molecular weight is 294 g/mol. The van der Waals surface area contributed by atoms with Gasteiger partial charge in [0.15, 0.2) is 0 Å². The molecule has 0 radical (unpaired) electrons. The maximum Gasteiger partial charge on any atom is 0.118 e. The Bertz CT molecular complexity index is 623. The summed E-state index contributed by atoms with van der Waals surface area (Å²) >= 11 is 0. The molecule has 1 N–H and O–H groups in total. The number of benzene rings is 2. The first-order valence-corrected chi connectivity index (χ1v) is 7.37. The van der Waals surface area contributed by atoms with Gasteiger partial charge in [-0.1, -0.05) is 66.8 Å². The Morgan fingerprint density at radius 1 is 1.00 bits per heavy atom. The molecular weight excluding hydrogens is 272 g/mol. The quantitative estimate of drug-likeness (QED) is 0.791. The Morgan fingerprint density at radius 2 is 1.68 bits per heavy atom. The summed E-state index contributed by atoms with van der Waals surface area (Å²) in [6.45, 7) is 1.83. The molecule has 114 valence electrons. The van der Waals surface area contributed by atoms with Gasteiger partial charge in [-0.3, -0.25) is 0 Å². The molecule has 2 nitrogen and oxygen atoms in total. The summed E-state index contributed by atoms with van der Waals surface area (Å²) < 4.78 is 5.13. The van der Waals surface area contributed by atoms with Crippen LogP contribution in [0.5, 0.6) is 5.75 Å². The summed E-state index contributed by atoms with van der Waals surface area (Å²) in [7, 11) is 1.66. The second kappa shape index (κ2) is 7.62. The van der Waals surface area contributed by atoms with E-state index in [1.807, 2.05) is 85.8 Å². The van der Waals surface area contributed by atoms with Crippen molar-refractivity contribution >= 4 is 6.08 Å². The minimum Gasteiger partial charge on any atom is -0.497 e. The van der Waals surface area contributed by atoms with E-state index in [-0.39, 0.29) is 0 Å². The molecule has 0 aromatic heterocycles. The Labute approximate surface area is 132 Å². The fourth-order valence-corrected chi connectivity index (χ4v) is 2.17. The van der Waals surface area contributed by atoms with Crippen molar-refractivity contribution in [1.29, 1.82) is 0 Å². The van der Waals surface area contributed by atoms with Gasteiger partial charge in [0, 0.05) is 0 Å². The molecule has 2 aromatic carbocycles. The summed E-state index contributed by atoms with van der Waals surface area (Å²) in [5.74, 6) is 0.853. The van der Waals surface area contributed by atoms with E-state index < -0.39 is 5.60 Å². The average Bonchev–Trinajstić information content (AvgIpc) is 2.56. The SMILES string of the molecule is COc1ccc(/C=C/C=C/CC(C)(O)c2ccccc2)cc1. The van der Waals surface area contributed by atoms with E-state index >= 15 is 0 Å². The lowest BCUT2D eigenvalue weighted by atomic mass is 9.92. The molecule has 1 atom stereocenters. The highest BCUT2D eigenvalue weighted by Crippen LogP contribution is 2.24. The predicted octanol–water partition coefficient (Wildman–Crippen LogP) is 4.56. The van der Waals surface area contributed by atoms with E-state index in [0.717, 1.165) is 16.9 Å². The molecule has 1 unspecified atom stereocenters. The van der Waals surface area contributed by atoms with Crippen LogP contribution >= 0.6 is 0 Å². The molecule has 0 aliphatic rings. The van der Waals surface area contributed by atoms with Gasteiger partial charge < -0.3 is 9.84 Å². The van der Waals surface area contributed by atoms with Crippen molar-refractivity contribution < 1.29 is 9.84 Å². The fourth-order valence-electron chi connectivity index (χ4n) is 2.17. The first kappa shape index (κ1) is 16.1. The molecule has 0 bridgehead atoms. The van der Waals surface area contributed by atoms with Gasteiger partial charge in [0.2, 0.25) is 0 Å². The molecule has 0 fully saturated rings. The van der Waals surface area contributed by atoms with Gasteiger partial charge in [-0.25, -0.2) is 0 Å². The number of hydrogen-bond donors (Lipinski definition) is 1. The smallest absolute Gasteiger partial charge is 0.118 e. The zero-order valence-electron chi connectivity index (χ0n) is 13.1. The molecule has 0 saturated heterocycles. The van der Waals surface area contributed by atoms with Crippen molar-refractivity contribution in [1.82, 2.24) is 0 Å². The second-order valence-corrected chi connectivity index (χ2v) is 5.40. The summed E-state index contributed by atoms with van der Waals surface area (Å²) in [5, 5.41) is 10.5.